The highest BCUT2D eigenvalue weighted by Gasteiger charge is 2.22. The van der Waals surface area contributed by atoms with Gasteiger partial charge in [0.05, 0.1) is 37.5 Å². The maximum atomic E-state index is 13.1. The molecule has 5 nitrogen and oxygen atoms in total. The lowest BCUT2D eigenvalue weighted by molar-refractivity contribution is -0.123. The van der Waals surface area contributed by atoms with E-state index in [1.807, 2.05) is 49.4 Å². The first-order chi connectivity index (χ1) is 16.2. The molecule has 0 saturated carbocycles. The van der Waals surface area contributed by atoms with Crippen LogP contribution in [0.4, 0.5) is 5.69 Å². The zero-order chi connectivity index (χ0) is 24.4. The Kier molecular flexibility index (Phi) is 7.08. The Bertz CT molecular complexity index is 1400. The number of carbonyl (C=O) groups excluding carboxylic acids is 2. The molecule has 4 aromatic rings. The molecule has 0 aliphatic rings. The van der Waals surface area contributed by atoms with E-state index in [-0.39, 0.29) is 20.8 Å². The van der Waals surface area contributed by atoms with Crippen LogP contribution in [0.3, 0.4) is 0 Å². The Morgan fingerprint density at radius 2 is 1.59 bits per heavy atom. The normalized spacial score (nSPS) is 11.8. The number of hydrogen-bond donors (Lipinski definition) is 1. The first-order valence-electron chi connectivity index (χ1n) is 10.4. The first kappa shape index (κ1) is 24.0. The first-order valence-corrected chi connectivity index (χ1v) is 11.5. The highest BCUT2D eigenvalue weighted by atomic mass is 35.5. The topological polar surface area (TPSA) is 68.3 Å². The fraction of sp³-hybridized carbons (Fsp3) is 0.115. The van der Waals surface area contributed by atoms with Gasteiger partial charge in [0.25, 0.3) is 5.91 Å². The molecule has 172 valence electrons. The number of amides is 1. The second-order valence-corrected chi connectivity index (χ2v) is 8.94. The van der Waals surface area contributed by atoms with E-state index in [1.54, 1.807) is 12.1 Å². The molecule has 3 aromatic carbocycles. The summed E-state index contributed by atoms with van der Waals surface area (Å²) in [6.07, 6.45) is -1.10. The van der Waals surface area contributed by atoms with E-state index in [0.29, 0.717) is 22.2 Å². The minimum atomic E-state index is -1.10. The molecule has 1 atom stereocenters. The molecular weight excluding hydrogens is 495 g/mol. The van der Waals surface area contributed by atoms with Crippen LogP contribution in [0.1, 0.15) is 22.8 Å². The van der Waals surface area contributed by atoms with Gasteiger partial charge in [-0.25, -0.2) is 9.78 Å². The van der Waals surface area contributed by atoms with Gasteiger partial charge >= 0.3 is 5.97 Å². The molecule has 0 fully saturated rings. The molecule has 8 heteroatoms. The summed E-state index contributed by atoms with van der Waals surface area (Å²) in [4.78, 5) is 30.5. The third-order valence-electron chi connectivity index (χ3n) is 5.20. The Labute approximate surface area is 211 Å². The van der Waals surface area contributed by atoms with E-state index in [0.717, 1.165) is 11.1 Å². The highest BCUT2D eigenvalue weighted by molar-refractivity contribution is 6.44. The number of fused-ring (bicyclic) bond motifs is 1. The Morgan fingerprint density at radius 3 is 2.32 bits per heavy atom. The second-order valence-electron chi connectivity index (χ2n) is 7.72. The van der Waals surface area contributed by atoms with Gasteiger partial charge in [0, 0.05) is 10.9 Å². The largest absolute Gasteiger partial charge is 0.449 e. The van der Waals surface area contributed by atoms with Crippen molar-refractivity contribution in [1.29, 1.82) is 0 Å². The molecule has 1 unspecified atom stereocenters. The molecule has 1 amide bonds. The van der Waals surface area contributed by atoms with Crippen molar-refractivity contribution in [3.8, 4) is 11.3 Å². The standard InChI is InChI=1S/C26H19Cl3N2O3/c1-14-7-9-16(10-8-14)23-11-18(17-5-3-4-6-22(17)30-23)26(33)34-15(2)25(32)31-24-13-20(28)19(27)12-21(24)29/h3-13,15H,1-2H3,(H,31,32). The number of hydrogen-bond acceptors (Lipinski definition) is 4. The quantitative estimate of drug-likeness (QED) is 0.224. The number of anilines is 1. The van der Waals surface area contributed by atoms with Crippen molar-refractivity contribution in [3.05, 3.63) is 92.9 Å². The number of benzene rings is 3. The molecule has 0 aliphatic carbocycles. The fourth-order valence-electron chi connectivity index (χ4n) is 3.35. The summed E-state index contributed by atoms with van der Waals surface area (Å²) in [5.74, 6) is -1.21. The summed E-state index contributed by atoms with van der Waals surface area (Å²) in [6.45, 7) is 3.47. The predicted molar refractivity (Wildman–Crippen MR) is 137 cm³/mol. The van der Waals surface area contributed by atoms with E-state index in [4.69, 9.17) is 39.5 Å². The van der Waals surface area contributed by atoms with Crippen molar-refractivity contribution in [2.24, 2.45) is 0 Å². The molecular formula is C26H19Cl3N2O3. The van der Waals surface area contributed by atoms with Crippen molar-refractivity contribution in [3.63, 3.8) is 0 Å². The molecule has 0 aliphatic heterocycles. The van der Waals surface area contributed by atoms with Crippen molar-refractivity contribution >= 4 is 63.3 Å². The number of rotatable bonds is 5. The smallest absolute Gasteiger partial charge is 0.339 e. The highest BCUT2D eigenvalue weighted by Crippen LogP contribution is 2.32. The Hall–Kier alpha value is -3.12. The van der Waals surface area contributed by atoms with Crippen LogP contribution in [0.5, 0.6) is 0 Å². The van der Waals surface area contributed by atoms with Crippen molar-refractivity contribution in [1.82, 2.24) is 4.98 Å². The van der Waals surface area contributed by atoms with Gasteiger partial charge in [-0.05, 0) is 38.1 Å². The molecule has 34 heavy (non-hydrogen) atoms. The number of esters is 1. The van der Waals surface area contributed by atoms with Crippen LogP contribution in [-0.4, -0.2) is 23.0 Å². The van der Waals surface area contributed by atoms with Crippen molar-refractivity contribution in [2.45, 2.75) is 20.0 Å². The maximum absolute atomic E-state index is 13.1. The zero-order valence-electron chi connectivity index (χ0n) is 18.2. The van der Waals surface area contributed by atoms with Crippen LogP contribution < -0.4 is 5.32 Å². The average molecular weight is 514 g/mol. The SMILES string of the molecule is Cc1ccc(-c2cc(C(=O)OC(C)C(=O)Nc3cc(Cl)c(Cl)cc3Cl)c3ccccc3n2)cc1. The third-order valence-corrected chi connectivity index (χ3v) is 6.24. The van der Waals surface area contributed by atoms with Crippen LogP contribution in [0, 0.1) is 6.92 Å². The summed E-state index contributed by atoms with van der Waals surface area (Å²) in [6, 6.07) is 19.7. The number of carbonyl (C=O) groups is 2. The summed E-state index contributed by atoms with van der Waals surface area (Å²) in [7, 11) is 0. The van der Waals surface area contributed by atoms with Gasteiger partial charge in [-0.1, -0.05) is 82.8 Å². The number of pyridine rings is 1. The third kappa shape index (κ3) is 5.17. The second kappa shape index (κ2) is 10.0. The molecule has 1 aromatic heterocycles. The van der Waals surface area contributed by atoms with Gasteiger partial charge in [0.1, 0.15) is 0 Å². The Balaban J connectivity index is 1.60. The lowest BCUT2D eigenvalue weighted by Crippen LogP contribution is -2.30. The van der Waals surface area contributed by atoms with Crippen LogP contribution in [0.25, 0.3) is 22.2 Å². The lowest BCUT2D eigenvalue weighted by atomic mass is 10.0. The van der Waals surface area contributed by atoms with E-state index in [9.17, 15) is 9.59 Å². The van der Waals surface area contributed by atoms with Crippen molar-refractivity contribution in [2.75, 3.05) is 5.32 Å². The number of halogens is 3. The molecule has 1 heterocycles. The number of ether oxygens (including phenoxy) is 1. The van der Waals surface area contributed by atoms with Gasteiger partial charge in [0.15, 0.2) is 6.10 Å². The van der Waals surface area contributed by atoms with Gasteiger partial charge in [0.2, 0.25) is 0 Å². The number of nitrogens with one attached hydrogen (secondary N) is 1. The monoisotopic (exact) mass is 512 g/mol. The molecule has 0 saturated heterocycles. The summed E-state index contributed by atoms with van der Waals surface area (Å²) in [5, 5.41) is 3.95. The summed E-state index contributed by atoms with van der Waals surface area (Å²) in [5.41, 5.74) is 3.84. The molecule has 4 rings (SSSR count). The van der Waals surface area contributed by atoms with Crippen LogP contribution in [-0.2, 0) is 9.53 Å². The number of aryl methyl sites for hydroxylation is 1. The van der Waals surface area contributed by atoms with Crippen LogP contribution in [0.2, 0.25) is 15.1 Å². The van der Waals surface area contributed by atoms with Gasteiger partial charge in [-0.3, -0.25) is 4.79 Å². The minimum absolute atomic E-state index is 0.212. The zero-order valence-corrected chi connectivity index (χ0v) is 20.5. The van der Waals surface area contributed by atoms with E-state index in [2.05, 4.69) is 10.3 Å². The van der Waals surface area contributed by atoms with Crippen LogP contribution in [0.15, 0.2) is 66.7 Å². The van der Waals surface area contributed by atoms with Gasteiger partial charge in [-0.2, -0.15) is 0 Å². The lowest BCUT2D eigenvalue weighted by Gasteiger charge is -2.16. The van der Waals surface area contributed by atoms with E-state index >= 15 is 0 Å². The minimum Gasteiger partial charge on any atom is -0.449 e. The van der Waals surface area contributed by atoms with Crippen LogP contribution >= 0.6 is 34.8 Å². The predicted octanol–water partition coefficient (Wildman–Crippen LogP) is 7.35. The van der Waals surface area contributed by atoms with Gasteiger partial charge < -0.3 is 10.1 Å². The number of para-hydroxylation sites is 1. The number of aromatic nitrogens is 1. The van der Waals surface area contributed by atoms with Gasteiger partial charge in [-0.15, -0.1) is 0 Å². The molecule has 1 N–H and O–H groups in total. The van der Waals surface area contributed by atoms with E-state index in [1.165, 1.54) is 19.1 Å². The fourth-order valence-corrected chi connectivity index (χ4v) is 3.94. The summed E-state index contributed by atoms with van der Waals surface area (Å²) >= 11 is 18.1. The molecule has 0 bridgehead atoms. The molecule has 0 spiro atoms. The van der Waals surface area contributed by atoms with E-state index < -0.39 is 18.0 Å². The average Bonchev–Trinajstić information content (AvgIpc) is 2.82. The summed E-state index contributed by atoms with van der Waals surface area (Å²) < 4.78 is 5.50. The number of nitrogens with zero attached hydrogens (tertiary/aromatic N) is 1. The maximum Gasteiger partial charge on any atom is 0.339 e. The van der Waals surface area contributed by atoms with Crippen molar-refractivity contribution < 1.29 is 14.3 Å². The Morgan fingerprint density at radius 1 is 0.912 bits per heavy atom. The molecule has 0 radical (unpaired) electrons.